The van der Waals surface area contributed by atoms with Crippen LogP contribution in [0.2, 0.25) is 5.02 Å². The molecule has 0 aliphatic carbocycles. The Bertz CT molecular complexity index is 1020. The Labute approximate surface area is 165 Å². The number of carbonyl (C=O) groups is 1. The van der Waals surface area contributed by atoms with Crippen LogP contribution in [0.5, 0.6) is 11.5 Å². The summed E-state index contributed by atoms with van der Waals surface area (Å²) in [4.78, 5) is 16.5. The van der Waals surface area contributed by atoms with E-state index in [-0.39, 0.29) is 27.7 Å². The molecule has 138 valence electrons. The van der Waals surface area contributed by atoms with E-state index >= 15 is 0 Å². The molecule has 1 aromatic heterocycles. The van der Waals surface area contributed by atoms with Gasteiger partial charge in [-0.1, -0.05) is 23.7 Å². The Hall–Kier alpha value is -2.64. The number of halogens is 1. The highest BCUT2D eigenvalue weighted by atomic mass is 35.5. The number of benzene rings is 2. The SMILES string of the molecule is COc1cccc(-n2cnc3c2[C@H](c2ccc(O)c(Cl)c2)SCC(=O)N3)c1. The molecule has 0 saturated carbocycles. The second-order valence-electron chi connectivity index (χ2n) is 6.00. The molecular formula is C19H16ClN3O3S. The van der Waals surface area contributed by atoms with Gasteiger partial charge in [-0.15, -0.1) is 11.8 Å². The van der Waals surface area contributed by atoms with Gasteiger partial charge in [-0.2, -0.15) is 0 Å². The number of aromatic nitrogens is 2. The fourth-order valence-corrected chi connectivity index (χ4v) is 4.32. The summed E-state index contributed by atoms with van der Waals surface area (Å²) in [7, 11) is 1.62. The van der Waals surface area contributed by atoms with Crippen molar-refractivity contribution in [1.29, 1.82) is 0 Å². The van der Waals surface area contributed by atoms with Crippen LogP contribution < -0.4 is 10.1 Å². The predicted molar refractivity (Wildman–Crippen MR) is 106 cm³/mol. The number of methoxy groups -OCH3 is 1. The number of rotatable bonds is 3. The Kier molecular flexibility index (Phi) is 4.72. The number of anilines is 1. The first-order valence-electron chi connectivity index (χ1n) is 8.18. The molecule has 1 aliphatic rings. The van der Waals surface area contributed by atoms with Crippen molar-refractivity contribution in [1.82, 2.24) is 9.55 Å². The molecule has 4 rings (SSSR count). The third-order valence-corrected chi connectivity index (χ3v) is 5.86. The van der Waals surface area contributed by atoms with Crippen LogP contribution in [0, 0.1) is 0 Å². The lowest BCUT2D eigenvalue weighted by atomic mass is 10.1. The fourth-order valence-electron chi connectivity index (χ4n) is 3.02. The standard InChI is InChI=1S/C19H16ClN3O3S/c1-26-13-4-2-3-12(8-13)23-10-21-19-17(23)18(27-9-16(25)22-19)11-5-6-15(24)14(20)7-11/h2-8,10,18,24H,9H2,1H3,(H,22,25)/t18-/m0/s1. The van der Waals surface area contributed by atoms with Crippen LogP contribution in [-0.2, 0) is 4.79 Å². The van der Waals surface area contributed by atoms with Crippen molar-refractivity contribution in [3.63, 3.8) is 0 Å². The molecule has 2 N–H and O–H groups in total. The van der Waals surface area contributed by atoms with Crippen molar-refractivity contribution in [2.24, 2.45) is 0 Å². The van der Waals surface area contributed by atoms with E-state index in [0.29, 0.717) is 5.82 Å². The maximum Gasteiger partial charge on any atom is 0.235 e. The number of hydrogen-bond acceptors (Lipinski definition) is 5. The smallest absolute Gasteiger partial charge is 0.235 e. The van der Waals surface area contributed by atoms with E-state index in [1.165, 1.54) is 11.8 Å². The summed E-state index contributed by atoms with van der Waals surface area (Å²) < 4.78 is 7.26. The van der Waals surface area contributed by atoms with E-state index in [4.69, 9.17) is 16.3 Å². The molecule has 1 amide bonds. The molecular weight excluding hydrogens is 386 g/mol. The van der Waals surface area contributed by atoms with E-state index in [2.05, 4.69) is 10.3 Å². The third kappa shape index (κ3) is 3.36. The summed E-state index contributed by atoms with van der Waals surface area (Å²) in [5.41, 5.74) is 2.58. The zero-order valence-electron chi connectivity index (χ0n) is 14.3. The topological polar surface area (TPSA) is 76.4 Å². The summed E-state index contributed by atoms with van der Waals surface area (Å²) in [5.74, 6) is 1.45. The largest absolute Gasteiger partial charge is 0.506 e. The number of fused-ring (bicyclic) bond motifs is 1. The number of thioether (sulfide) groups is 1. The normalized spacial score (nSPS) is 16.4. The Morgan fingerprint density at radius 2 is 2.19 bits per heavy atom. The quantitative estimate of drug-likeness (QED) is 0.693. The Morgan fingerprint density at radius 1 is 1.33 bits per heavy atom. The second kappa shape index (κ2) is 7.17. The molecule has 0 spiro atoms. The lowest BCUT2D eigenvalue weighted by molar-refractivity contribution is -0.113. The molecule has 1 aliphatic heterocycles. The van der Waals surface area contributed by atoms with Crippen molar-refractivity contribution in [2.75, 3.05) is 18.2 Å². The van der Waals surface area contributed by atoms with Gasteiger partial charge in [-0.3, -0.25) is 9.36 Å². The van der Waals surface area contributed by atoms with Gasteiger partial charge in [0.05, 0.1) is 34.5 Å². The van der Waals surface area contributed by atoms with Gasteiger partial charge in [0.2, 0.25) is 5.91 Å². The van der Waals surface area contributed by atoms with Gasteiger partial charge in [0.15, 0.2) is 5.82 Å². The maximum absolute atomic E-state index is 12.1. The third-order valence-electron chi connectivity index (χ3n) is 4.30. The lowest BCUT2D eigenvalue weighted by Gasteiger charge is -2.19. The number of hydrogen-bond donors (Lipinski definition) is 2. The molecule has 0 fully saturated rings. The van der Waals surface area contributed by atoms with E-state index in [1.54, 1.807) is 31.6 Å². The molecule has 27 heavy (non-hydrogen) atoms. The predicted octanol–water partition coefficient (Wildman–Crippen LogP) is 4.01. The van der Waals surface area contributed by atoms with E-state index in [1.807, 2.05) is 28.8 Å². The molecule has 6 nitrogen and oxygen atoms in total. The molecule has 0 saturated heterocycles. The highest BCUT2D eigenvalue weighted by Crippen LogP contribution is 2.43. The first kappa shape index (κ1) is 17.8. The maximum atomic E-state index is 12.1. The average Bonchev–Trinajstić information content (AvgIpc) is 3.00. The van der Waals surface area contributed by atoms with Crippen molar-refractivity contribution >= 4 is 35.1 Å². The number of amides is 1. The molecule has 0 unspecified atom stereocenters. The number of nitrogens with zero attached hydrogens (tertiary/aromatic N) is 2. The van der Waals surface area contributed by atoms with Gasteiger partial charge >= 0.3 is 0 Å². The summed E-state index contributed by atoms with van der Waals surface area (Å²) in [6.45, 7) is 0. The first-order valence-corrected chi connectivity index (χ1v) is 9.61. The van der Waals surface area contributed by atoms with Gasteiger partial charge in [0.25, 0.3) is 0 Å². The molecule has 8 heteroatoms. The van der Waals surface area contributed by atoms with Gasteiger partial charge < -0.3 is 15.2 Å². The highest BCUT2D eigenvalue weighted by Gasteiger charge is 2.29. The lowest BCUT2D eigenvalue weighted by Crippen LogP contribution is -2.12. The number of phenols is 1. The zero-order valence-corrected chi connectivity index (χ0v) is 15.9. The van der Waals surface area contributed by atoms with Crippen LogP contribution in [0.1, 0.15) is 16.5 Å². The number of aromatic hydroxyl groups is 1. The minimum Gasteiger partial charge on any atom is -0.506 e. The molecule has 2 aromatic carbocycles. The second-order valence-corrected chi connectivity index (χ2v) is 7.50. The van der Waals surface area contributed by atoms with Crippen LogP contribution >= 0.6 is 23.4 Å². The first-order chi connectivity index (χ1) is 13.1. The zero-order chi connectivity index (χ0) is 19.0. The van der Waals surface area contributed by atoms with Gasteiger partial charge in [-0.25, -0.2) is 4.98 Å². The fraction of sp³-hybridized carbons (Fsp3) is 0.158. The van der Waals surface area contributed by atoms with E-state index in [0.717, 1.165) is 22.7 Å². The summed E-state index contributed by atoms with van der Waals surface area (Å²) >= 11 is 7.60. The molecule has 1 atom stereocenters. The monoisotopic (exact) mass is 401 g/mol. The summed E-state index contributed by atoms with van der Waals surface area (Å²) in [5, 5.41) is 12.7. The minimum absolute atomic E-state index is 0.0229. The van der Waals surface area contributed by atoms with Crippen molar-refractivity contribution in [3.05, 3.63) is 65.1 Å². The van der Waals surface area contributed by atoms with Crippen molar-refractivity contribution in [3.8, 4) is 17.2 Å². The molecule has 0 radical (unpaired) electrons. The van der Waals surface area contributed by atoms with Crippen molar-refractivity contribution in [2.45, 2.75) is 5.25 Å². The number of phenolic OH excluding ortho intramolecular Hbond substituents is 1. The van der Waals surface area contributed by atoms with E-state index < -0.39 is 0 Å². The van der Waals surface area contributed by atoms with Gasteiger partial charge in [0.1, 0.15) is 17.8 Å². The average molecular weight is 402 g/mol. The highest BCUT2D eigenvalue weighted by molar-refractivity contribution is 8.00. The molecule has 0 bridgehead atoms. The van der Waals surface area contributed by atoms with Crippen LogP contribution in [0.3, 0.4) is 0 Å². The number of ether oxygens (including phenoxy) is 1. The van der Waals surface area contributed by atoms with Crippen molar-refractivity contribution < 1.29 is 14.6 Å². The van der Waals surface area contributed by atoms with Crippen LogP contribution in [-0.4, -0.2) is 33.4 Å². The minimum atomic E-state index is -0.189. The molecule has 2 heterocycles. The van der Waals surface area contributed by atoms with Crippen LogP contribution in [0.25, 0.3) is 5.69 Å². The van der Waals surface area contributed by atoms with Gasteiger partial charge in [-0.05, 0) is 29.8 Å². The Balaban J connectivity index is 1.88. The summed E-state index contributed by atoms with van der Waals surface area (Å²) in [6.07, 6.45) is 1.68. The summed E-state index contributed by atoms with van der Waals surface area (Å²) in [6, 6.07) is 12.7. The van der Waals surface area contributed by atoms with Gasteiger partial charge in [0, 0.05) is 6.07 Å². The number of imidazole rings is 1. The van der Waals surface area contributed by atoms with E-state index in [9.17, 15) is 9.90 Å². The van der Waals surface area contributed by atoms with Crippen LogP contribution in [0.4, 0.5) is 5.82 Å². The molecule has 3 aromatic rings. The van der Waals surface area contributed by atoms with Crippen LogP contribution in [0.15, 0.2) is 48.8 Å². The number of carbonyl (C=O) groups excluding carboxylic acids is 1. The number of nitrogens with one attached hydrogen (secondary N) is 1. The Morgan fingerprint density at radius 3 is 2.96 bits per heavy atom.